The Morgan fingerprint density at radius 1 is 1.03 bits per heavy atom. The second-order valence-corrected chi connectivity index (χ2v) is 8.44. The molecule has 0 spiro atoms. The Bertz CT molecular complexity index is 919. The van der Waals surface area contributed by atoms with Crippen LogP contribution < -0.4 is 9.47 Å². The summed E-state index contributed by atoms with van der Waals surface area (Å²) < 4.78 is 22.8. The number of rotatable bonds is 3. The number of hydrogen-bond acceptors (Lipinski definition) is 6. The molecular formula is C24H27NO6. The topological polar surface area (TPSA) is 77.5 Å². The van der Waals surface area contributed by atoms with Crippen molar-refractivity contribution in [3.63, 3.8) is 0 Å². The van der Waals surface area contributed by atoms with Crippen LogP contribution in [-0.2, 0) is 21.7 Å². The number of nitrogens with zero attached hydrogens (tertiary/aromatic N) is 1. The molecule has 1 N–H and O–H groups in total. The highest BCUT2D eigenvalue weighted by Gasteiger charge is 2.49. The first-order valence-electron chi connectivity index (χ1n) is 10.8. The van der Waals surface area contributed by atoms with Crippen LogP contribution >= 0.6 is 0 Å². The van der Waals surface area contributed by atoms with Crippen LogP contribution in [0.5, 0.6) is 11.5 Å². The molecule has 3 aliphatic heterocycles. The first-order chi connectivity index (χ1) is 15.1. The number of amides is 1. The van der Waals surface area contributed by atoms with Gasteiger partial charge in [-0.25, -0.2) is 4.79 Å². The van der Waals surface area contributed by atoms with E-state index in [-0.39, 0.29) is 24.8 Å². The lowest BCUT2D eigenvalue weighted by Gasteiger charge is -2.51. The molecule has 7 nitrogen and oxygen atoms in total. The van der Waals surface area contributed by atoms with E-state index in [2.05, 4.69) is 0 Å². The Kier molecular flexibility index (Phi) is 5.46. The zero-order chi connectivity index (χ0) is 21.3. The van der Waals surface area contributed by atoms with Crippen LogP contribution in [0.3, 0.4) is 0 Å². The number of fused-ring (bicyclic) bond motifs is 3. The third-order valence-corrected chi connectivity index (χ3v) is 6.25. The summed E-state index contributed by atoms with van der Waals surface area (Å²) in [7, 11) is 0. The predicted octanol–water partition coefficient (Wildman–Crippen LogP) is 3.24. The van der Waals surface area contributed by atoms with Gasteiger partial charge in [-0.05, 0) is 23.3 Å². The quantitative estimate of drug-likeness (QED) is 0.814. The number of carbonyl (C=O) groups is 1. The third kappa shape index (κ3) is 4.07. The number of benzene rings is 2. The Hall–Kier alpha value is -2.77. The van der Waals surface area contributed by atoms with Crippen LogP contribution in [0.1, 0.15) is 30.4 Å². The maximum absolute atomic E-state index is 12.9. The van der Waals surface area contributed by atoms with Gasteiger partial charge in [0.05, 0.1) is 44.1 Å². The second-order valence-electron chi connectivity index (χ2n) is 8.44. The van der Waals surface area contributed by atoms with Gasteiger partial charge >= 0.3 is 6.09 Å². The second kappa shape index (κ2) is 8.40. The van der Waals surface area contributed by atoms with Crippen LogP contribution in [-0.4, -0.2) is 54.6 Å². The normalized spacial score (nSPS) is 27.3. The largest absolute Gasteiger partial charge is 0.490 e. The van der Waals surface area contributed by atoms with E-state index in [1.54, 1.807) is 4.90 Å². The lowest BCUT2D eigenvalue weighted by molar-refractivity contribution is -0.137. The highest BCUT2D eigenvalue weighted by atomic mass is 16.6. The van der Waals surface area contributed by atoms with Gasteiger partial charge in [0.25, 0.3) is 0 Å². The molecule has 1 amide bonds. The monoisotopic (exact) mass is 425 g/mol. The molecule has 2 fully saturated rings. The van der Waals surface area contributed by atoms with E-state index in [1.165, 1.54) is 0 Å². The summed E-state index contributed by atoms with van der Waals surface area (Å²) in [4.78, 5) is 14.6. The molecule has 0 aromatic heterocycles. The van der Waals surface area contributed by atoms with Crippen molar-refractivity contribution in [1.29, 1.82) is 0 Å². The predicted molar refractivity (Wildman–Crippen MR) is 112 cm³/mol. The molecule has 2 aromatic carbocycles. The third-order valence-electron chi connectivity index (χ3n) is 6.25. The van der Waals surface area contributed by atoms with Gasteiger partial charge in [-0.1, -0.05) is 36.4 Å². The van der Waals surface area contributed by atoms with Gasteiger partial charge in [0.1, 0.15) is 6.61 Å². The van der Waals surface area contributed by atoms with Gasteiger partial charge in [-0.3, -0.25) is 4.90 Å². The molecule has 3 aliphatic rings. The summed E-state index contributed by atoms with van der Waals surface area (Å²) in [6, 6.07) is 14.7. The van der Waals surface area contributed by atoms with E-state index in [0.29, 0.717) is 50.8 Å². The lowest BCUT2D eigenvalue weighted by Crippen LogP contribution is -2.62. The zero-order valence-corrected chi connectivity index (χ0v) is 17.4. The molecule has 3 heterocycles. The minimum atomic E-state index is -1.07. The van der Waals surface area contributed by atoms with Crippen molar-refractivity contribution < 1.29 is 28.8 Å². The molecule has 2 atom stereocenters. The van der Waals surface area contributed by atoms with E-state index in [1.807, 2.05) is 48.5 Å². The molecule has 2 unspecified atom stereocenters. The fraction of sp³-hybridized carbons (Fsp3) is 0.458. The number of ether oxygens (including phenoxy) is 4. The van der Waals surface area contributed by atoms with Gasteiger partial charge in [-0.15, -0.1) is 0 Å². The van der Waals surface area contributed by atoms with Gasteiger partial charge in [0.15, 0.2) is 11.5 Å². The van der Waals surface area contributed by atoms with Crippen LogP contribution in [0.15, 0.2) is 48.5 Å². The average molecular weight is 425 g/mol. The summed E-state index contributed by atoms with van der Waals surface area (Å²) in [5.41, 5.74) is 0.656. The maximum atomic E-state index is 12.9. The molecule has 0 aliphatic carbocycles. The van der Waals surface area contributed by atoms with Crippen LogP contribution in [0.4, 0.5) is 4.79 Å². The summed E-state index contributed by atoms with van der Waals surface area (Å²) in [5.74, 6) is 1.37. The number of hydrogen-bond donors (Lipinski definition) is 1. The van der Waals surface area contributed by atoms with Crippen LogP contribution in [0.2, 0.25) is 0 Å². The van der Waals surface area contributed by atoms with Crippen molar-refractivity contribution in [2.75, 3.05) is 26.4 Å². The first kappa shape index (κ1) is 20.2. The van der Waals surface area contributed by atoms with Crippen LogP contribution in [0, 0.1) is 0 Å². The fourth-order valence-electron chi connectivity index (χ4n) is 4.76. The molecule has 164 valence electrons. The molecule has 2 aromatic rings. The fourth-order valence-corrected chi connectivity index (χ4v) is 4.76. The highest BCUT2D eigenvalue weighted by molar-refractivity contribution is 5.69. The summed E-state index contributed by atoms with van der Waals surface area (Å²) in [6.07, 6.45) is 1.23. The molecule has 0 saturated carbocycles. The van der Waals surface area contributed by atoms with Crippen LogP contribution in [0.25, 0.3) is 0 Å². The highest BCUT2D eigenvalue weighted by Crippen LogP contribution is 2.43. The van der Waals surface area contributed by atoms with Crippen molar-refractivity contribution in [1.82, 2.24) is 4.90 Å². The van der Waals surface area contributed by atoms with E-state index in [0.717, 1.165) is 17.5 Å². The Labute approximate surface area is 181 Å². The van der Waals surface area contributed by atoms with Crippen molar-refractivity contribution in [3.8, 4) is 11.5 Å². The van der Waals surface area contributed by atoms with E-state index >= 15 is 0 Å². The molecule has 0 radical (unpaired) electrons. The minimum absolute atomic E-state index is 0.225. The number of piperidine rings is 1. The summed E-state index contributed by atoms with van der Waals surface area (Å²) in [6.45, 7) is 2.20. The molecular weight excluding hydrogens is 398 g/mol. The van der Waals surface area contributed by atoms with Gasteiger partial charge in [0, 0.05) is 19.3 Å². The van der Waals surface area contributed by atoms with Crippen molar-refractivity contribution in [3.05, 3.63) is 59.7 Å². The number of morpholine rings is 1. The molecule has 7 heteroatoms. The maximum Gasteiger partial charge on any atom is 0.410 e. The minimum Gasteiger partial charge on any atom is -0.490 e. The van der Waals surface area contributed by atoms with Crippen molar-refractivity contribution in [2.24, 2.45) is 0 Å². The van der Waals surface area contributed by atoms with E-state index < -0.39 is 5.60 Å². The molecule has 2 saturated heterocycles. The molecule has 31 heavy (non-hydrogen) atoms. The molecule has 2 bridgehead atoms. The van der Waals surface area contributed by atoms with Gasteiger partial charge in [-0.2, -0.15) is 0 Å². The molecule has 5 rings (SSSR count). The Morgan fingerprint density at radius 3 is 2.48 bits per heavy atom. The van der Waals surface area contributed by atoms with Crippen molar-refractivity contribution in [2.45, 2.75) is 43.6 Å². The van der Waals surface area contributed by atoms with E-state index in [4.69, 9.17) is 18.9 Å². The Morgan fingerprint density at radius 2 is 1.74 bits per heavy atom. The van der Waals surface area contributed by atoms with Crippen molar-refractivity contribution >= 4 is 6.09 Å². The average Bonchev–Trinajstić information content (AvgIpc) is 3.02. The number of aliphatic hydroxyl groups is 1. The Balaban J connectivity index is 1.32. The zero-order valence-electron chi connectivity index (χ0n) is 17.4. The first-order valence-corrected chi connectivity index (χ1v) is 10.8. The summed E-state index contributed by atoms with van der Waals surface area (Å²) in [5, 5.41) is 11.6. The van der Waals surface area contributed by atoms with Gasteiger partial charge < -0.3 is 24.1 Å². The SMILES string of the molecule is O=C(OCc1ccccc1)N1C2COCC1CC(O)(c1ccc3c(c1)OCCCO3)C2. The number of carbonyl (C=O) groups excluding carboxylic acids is 1. The summed E-state index contributed by atoms with van der Waals surface area (Å²) >= 11 is 0. The van der Waals surface area contributed by atoms with Gasteiger partial charge in [0.2, 0.25) is 0 Å². The smallest absolute Gasteiger partial charge is 0.410 e. The van der Waals surface area contributed by atoms with E-state index in [9.17, 15) is 9.90 Å². The lowest BCUT2D eigenvalue weighted by atomic mass is 9.77. The standard InChI is InChI=1S/C24H27NO6/c26-23(31-14-17-5-2-1-3-6-17)25-19-12-24(27,13-20(25)16-28-15-19)18-7-8-21-22(11-18)30-10-4-9-29-21/h1-3,5-8,11,19-20,27H,4,9-10,12-16H2.